The first-order valence-electron chi connectivity index (χ1n) is 9.03. The van der Waals surface area contributed by atoms with Gasteiger partial charge in [-0.25, -0.2) is 4.79 Å². The number of hydrogen-bond acceptors (Lipinski definition) is 5. The molecule has 0 aromatic heterocycles. The SMILES string of the molecule is CCOC(=O)C1=C(C)N=C(C)C(C(=O)OCC)C1=CC=Cc1ccccc1. The Bertz CT molecular complexity index is 816. The molecule has 0 radical (unpaired) electrons. The third-order valence-electron chi connectivity index (χ3n) is 4.09. The lowest BCUT2D eigenvalue weighted by atomic mass is 9.85. The maximum atomic E-state index is 12.5. The molecule has 0 bridgehead atoms. The van der Waals surface area contributed by atoms with Crippen LogP contribution in [0.25, 0.3) is 6.08 Å². The quantitative estimate of drug-likeness (QED) is 0.710. The van der Waals surface area contributed by atoms with E-state index in [0.717, 1.165) is 5.56 Å². The summed E-state index contributed by atoms with van der Waals surface area (Å²) < 4.78 is 10.4. The van der Waals surface area contributed by atoms with Crippen molar-refractivity contribution in [2.45, 2.75) is 27.7 Å². The lowest BCUT2D eigenvalue weighted by molar-refractivity contribution is -0.144. The molecule has 0 aliphatic carbocycles. The minimum Gasteiger partial charge on any atom is -0.465 e. The number of rotatable bonds is 6. The molecule has 27 heavy (non-hydrogen) atoms. The van der Waals surface area contributed by atoms with Gasteiger partial charge in [0.05, 0.1) is 24.5 Å². The van der Waals surface area contributed by atoms with Gasteiger partial charge < -0.3 is 9.47 Å². The van der Waals surface area contributed by atoms with Gasteiger partial charge in [-0.2, -0.15) is 0 Å². The van der Waals surface area contributed by atoms with Crippen LogP contribution in [0, 0.1) is 5.92 Å². The normalized spacial score (nSPS) is 18.6. The predicted molar refractivity (Wildman–Crippen MR) is 106 cm³/mol. The van der Waals surface area contributed by atoms with Gasteiger partial charge in [0.25, 0.3) is 0 Å². The predicted octanol–water partition coefficient (Wildman–Crippen LogP) is 4.12. The zero-order valence-corrected chi connectivity index (χ0v) is 16.2. The molecule has 5 heteroatoms. The summed E-state index contributed by atoms with van der Waals surface area (Å²) >= 11 is 0. The van der Waals surface area contributed by atoms with Gasteiger partial charge in [0.15, 0.2) is 0 Å². The highest BCUT2D eigenvalue weighted by atomic mass is 16.5. The summed E-state index contributed by atoms with van der Waals surface area (Å²) in [6, 6.07) is 9.77. The largest absolute Gasteiger partial charge is 0.465 e. The van der Waals surface area contributed by atoms with E-state index in [-0.39, 0.29) is 13.2 Å². The fraction of sp³-hybridized carbons (Fsp3) is 0.318. The number of aliphatic imine (C=N–C) groups is 1. The minimum absolute atomic E-state index is 0.246. The molecule has 0 saturated carbocycles. The second kappa shape index (κ2) is 9.67. The molecule has 0 N–H and O–H groups in total. The molecule has 1 aliphatic heterocycles. The van der Waals surface area contributed by atoms with Crippen molar-refractivity contribution in [1.29, 1.82) is 0 Å². The Morgan fingerprint density at radius 1 is 1.07 bits per heavy atom. The van der Waals surface area contributed by atoms with Crippen LogP contribution in [0.15, 0.2) is 64.3 Å². The molecule has 0 spiro atoms. The van der Waals surface area contributed by atoms with Crippen molar-refractivity contribution in [3.63, 3.8) is 0 Å². The minimum atomic E-state index is -0.728. The Balaban J connectivity index is 2.49. The van der Waals surface area contributed by atoms with Crippen LogP contribution in [-0.2, 0) is 19.1 Å². The van der Waals surface area contributed by atoms with Gasteiger partial charge in [-0.3, -0.25) is 9.79 Å². The maximum Gasteiger partial charge on any atom is 0.340 e. The molecular formula is C22H25NO4. The van der Waals surface area contributed by atoms with Crippen molar-refractivity contribution in [2.24, 2.45) is 10.9 Å². The first-order chi connectivity index (χ1) is 13.0. The van der Waals surface area contributed by atoms with Crippen molar-refractivity contribution >= 4 is 23.7 Å². The Kier molecular flexibility index (Phi) is 7.29. The van der Waals surface area contributed by atoms with E-state index in [4.69, 9.17) is 9.47 Å². The molecule has 2 rings (SSSR count). The number of carbonyl (C=O) groups is 2. The van der Waals surface area contributed by atoms with Crippen LogP contribution in [0.4, 0.5) is 0 Å². The highest BCUT2D eigenvalue weighted by Crippen LogP contribution is 2.32. The zero-order valence-electron chi connectivity index (χ0n) is 16.2. The summed E-state index contributed by atoms with van der Waals surface area (Å²) in [5.41, 5.74) is 3.01. The summed E-state index contributed by atoms with van der Waals surface area (Å²) in [6.07, 6.45) is 5.50. The van der Waals surface area contributed by atoms with Crippen LogP contribution in [0.5, 0.6) is 0 Å². The van der Waals surface area contributed by atoms with E-state index in [0.29, 0.717) is 22.6 Å². The molecular weight excluding hydrogens is 342 g/mol. The Labute approximate surface area is 160 Å². The van der Waals surface area contributed by atoms with Crippen LogP contribution in [0.3, 0.4) is 0 Å². The summed E-state index contributed by atoms with van der Waals surface area (Å²) in [5.74, 6) is -1.64. The number of carbonyl (C=O) groups excluding carboxylic acids is 2. The van der Waals surface area contributed by atoms with E-state index in [1.54, 1.807) is 33.8 Å². The lowest BCUT2D eigenvalue weighted by Crippen LogP contribution is -2.32. The fourth-order valence-electron chi connectivity index (χ4n) is 2.96. The van der Waals surface area contributed by atoms with Crippen LogP contribution in [0.1, 0.15) is 33.3 Å². The highest BCUT2D eigenvalue weighted by molar-refractivity contribution is 6.10. The molecule has 1 atom stereocenters. The van der Waals surface area contributed by atoms with Gasteiger partial charge in [0.1, 0.15) is 5.92 Å². The molecule has 1 unspecified atom stereocenters. The molecule has 1 heterocycles. The van der Waals surface area contributed by atoms with Gasteiger partial charge >= 0.3 is 11.9 Å². The fourth-order valence-corrected chi connectivity index (χ4v) is 2.96. The Morgan fingerprint density at radius 3 is 2.37 bits per heavy atom. The maximum absolute atomic E-state index is 12.5. The molecule has 0 saturated heterocycles. The average Bonchev–Trinajstić information content (AvgIpc) is 2.62. The van der Waals surface area contributed by atoms with Gasteiger partial charge in [-0.1, -0.05) is 48.6 Å². The molecule has 0 fully saturated rings. The Hall–Kier alpha value is -2.95. The van der Waals surface area contributed by atoms with Crippen LogP contribution >= 0.6 is 0 Å². The van der Waals surface area contributed by atoms with E-state index in [1.165, 1.54) is 0 Å². The van der Waals surface area contributed by atoms with Crippen molar-refractivity contribution in [3.05, 3.63) is 64.9 Å². The number of benzene rings is 1. The van der Waals surface area contributed by atoms with Gasteiger partial charge in [-0.15, -0.1) is 0 Å². The summed E-state index contributed by atoms with van der Waals surface area (Å²) in [4.78, 5) is 29.5. The van der Waals surface area contributed by atoms with Gasteiger partial charge in [0.2, 0.25) is 0 Å². The summed E-state index contributed by atoms with van der Waals surface area (Å²) in [7, 11) is 0. The topological polar surface area (TPSA) is 65.0 Å². The van der Waals surface area contributed by atoms with Crippen LogP contribution < -0.4 is 0 Å². The molecule has 1 aromatic rings. The van der Waals surface area contributed by atoms with Crippen LogP contribution in [0.2, 0.25) is 0 Å². The second-order valence-electron chi connectivity index (χ2n) is 6.01. The molecule has 0 amide bonds. The van der Waals surface area contributed by atoms with Crippen molar-refractivity contribution in [2.75, 3.05) is 13.2 Å². The van der Waals surface area contributed by atoms with E-state index in [2.05, 4.69) is 4.99 Å². The van der Waals surface area contributed by atoms with Crippen molar-refractivity contribution in [1.82, 2.24) is 0 Å². The number of hydrogen-bond donors (Lipinski definition) is 0. The average molecular weight is 367 g/mol. The molecule has 5 nitrogen and oxygen atoms in total. The number of nitrogens with zero attached hydrogens (tertiary/aromatic N) is 1. The van der Waals surface area contributed by atoms with Crippen molar-refractivity contribution < 1.29 is 19.1 Å². The van der Waals surface area contributed by atoms with E-state index < -0.39 is 17.9 Å². The number of esters is 2. The number of ether oxygens (including phenoxy) is 2. The second-order valence-corrected chi connectivity index (χ2v) is 6.01. The summed E-state index contributed by atoms with van der Waals surface area (Å²) in [5, 5.41) is 0. The monoisotopic (exact) mass is 367 g/mol. The van der Waals surface area contributed by atoms with Crippen molar-refractivity contribution in [3.8, 4) is 0 Å². The lowest BCUT2D eigenvalue weighted by Gasteiger charge is -2.25. The summed E-state index contributed by atoms with van der Waals surface area (Å²) in [6.45, 7) is 7.50. The smallest absolute Gasteiger partial charge is 0.340 e. The Morgan fingerprint density at radius 2 is 1.74 bits per heavy atom. The third kappa shape index (κ3) is 5.03. The number of allylic oxidation sites excluding steroid dienone is 3. The molecule has 142 valence electrons. The van der Waals surface area contributed by atoms with E-state index >= 15 is 0 Å². The zero-order chi connectivity index (χ0) is 19.8. The standard InChI is InChI=1S/C22H25NO4/c1-5-26-21(24)19-15(3)23-16(4)20(22(25)27-6-2)18(19)14-10-13-17-11-8-7-9-12-17/h7-14,19H,5-6H2,1-4H3. The first-order valence-corrected chi connectivity index (χ1v) is 9.03. The highest BCUT2D eigenvalue weighted by Gasteiger charge is 2.36. The molecule has 1 aliphatic rings. The first kappa shape index (κ1) is 20.4. The van der Waals surface area contributed by atoms with Crippen LogP contribution in [-0.4, -0.2) is 30.9 Å². The van der Waals surface area contributed by atoms with Gasteiger partial charge in [-0.05, 0) is 38.8 Å². The molecule has 1 aromatic carbocycles. The van der Waals surface area contributed by atoms with E-state index in [1.807, 2.05) is 42.5 Å². The van der Waals surface area contributed by atoms with Gasteiger partial charge in [0, 0.05) is 5.71 Å². The third-order valence-corrected chi connectivity index (χ3v) is 4.09. The van der Waals surface area contributed by atoms with E-state index in [9.17, 15) is 9.59 Å².